The number of morpholine rings is 1. The molecule has 2 aromatic rings. The van der Waals surface area contributed by atoms with Crippen LogP contribution in [0.1, 0.15) is 25.7 Å². The molecule has 2 aliphatic rings. The number of amides is 1. The molecule has 2 fully saturated rings. The van der Waals surface area contributed by atoms with Gasteiger partial charge in [0.1, 0.15) is 0 Å². The maximum absolute atomic E-state index is 12.2. The summed E-state index contributed by atoms with van der Waals surface area (Å²) < 4.78 is 31.0. The molecule has 1 aliphatic carbocycles. The van der Waals surface area contributed by atoms with Crippen molar-refractivity contribution in [2.24, 2.45) is 0 Å². The van der Waals surface area contributed by atoms with Crippen molar-refractivity contribution in [2.75, 3.05) is 31.6 Å². The zero-order valence-electron chi connectivity index (χ0n) is 15.0. The fourth-order valence-corrected chi connectivity index (χ4v) is 4.17. The summed E-state index contributed by atoms with van der Waals surface area (Å²) in [5, 5.41) is 2.46. The number of sulfonamides is 1. The van der Waals surface area contributed by atoms with Crippen LogP contribution in [0.3, 0.4) is 0 Å². The van der Waals surface area contributed by atoms with Crippen LogP contribution in [-0.2, 0) is 19.6 Å². The highest BCUT2D eigenvalue weighted by molar-refractivity contribution is 7.89. The molecule has 8 heteroatoms. The van der Waals surface area contributed by atoms with Crippen molar-refractivity contribution in [1.29, 1.82) is 0 Å². The molecular formula is C19H25N3O4S. The number of carbonyl (C=O) groups is 1. The van der Waals surface area contributed by atoms with Crippen molar-refractivity contribution in [3.63, 3.8) is 0 Å². The zero-order valence-corrected chi connectivity index (χ0v) is 15.8. The third-order valence-electron chi connectivity index (χ3n) is 4.42. The lowest BCUT2D eigenvalue weighted by Gasteiger charge is -2.26. The lowest BCUT2D eigenvalue weighted by atomic mass is 10.2. The summed E-state index contributed by atoms with van der Waals surface area (Å²) in [5.74, 6) is 0.846. The van der Waals surface area contributed by atoms with Gasteiger partial charge in [-0.15, -0.1) is 0 Å². The van der Waals surface area contributed by atoms with E-state index in [-0.39, 0.29) is 6.32 Å². The Labute approximate surface area is 160 Å². The number of pyridine rings is 1. The minimum Gasteiger partial charge on any atom is -0.379 e. The summed E-state index contributed by atoms with van der Waals surface area (Å²) in [6.45, 7) is 1.58. The SMILES string of the molecule is O=CNc1ccc(S(=O)(=O)N2CCOCC2)cc1.[HH].c1cncc(C2CC2)c1. The number of aromatic nitrogens is 1. The van der Waals surface area contributed by atoms with Gasteiger partial charge in [-0.3, -0.25) is 9.78 Å². The van der Waals surface area contributed by atoms with Gasteiger partial charge in [-0.05, 0) is 54.7 Å². The van der Waals surface area contributed by atoms with Gasteiger partial charge in [0, 0.05) is 32.6 Å². The second-order valence-electron chi connectivity index (χ2n) is 6.36. The second-order valence-corrected chi connectivity index (χ2v) is 8.30. The maximum Gasteiger partial charge on any atom is 0.243 e. The Bertz CT molecular complexity index is 837. The Kier molecular flexibility index (Phi) is 6.54. The molecule has 0 bridgehead atoms. The van der Waals surface area contributed by atoms with E-state index in [2.05, 4.69) is 16.4 Å². The van der Waals surface area contributed by atoms with Crippen LogP contribution in [0, 0.1) is 0 Å². The molecule has 146 valence electrons. The quantitative estimate of drug-likeness (QED) is 0.791. The van der Waals surface area contributed by atoms with Gasteiger partial charge in [-0.25, -0.2) is 8.42 Å². The summed E-state index contributed by atoms with van der Waals surface area (Å²) in [6, 6.07) is 10.2. The van der Waals surface area contributed by atoms with E-state index in [1.807, 2.05) is 18.5 Å². The monoisotopic (exact) mass is 391 g/mol. The van der Waals surface area contributed by atoms with Crippen molar-refractivity contribution in [1.82, 2.24) is 9.29 Å². The number of ether oxygens (including phenoxy) is 1. The number of nitrogens with one attached hydrogen (secondary N) is 1. The molecular weight excluding hydrogens is 366 g/mol. The first kappa shape index (κ1) is 19.5. The molecule has 2 heterocycles. The molecule has 0 spiro atoms. The largest absolute Gasteiger partial charge is 0.379 e. The fraction of sp³-hybridized carbons (Fsp3) is 0.368. The highest BCUT2D eigenvalue weighted by Crippen LogP contribution is 2.39. The molecule has 1 saturated carbocycles. The van der Waals surface area contributed by atoms with Crippen molar-refractivity contribution < 1.29 is 19.4 Å². The molecule has 4 rings (SSSR count). The number of hydrogen-bond donors (Lipinski definition) is 1. The average molecular weight is 391 g/mol. The van der Waals surface area contributed by atoms with E-state index in [0.717, 1.165) is 5.92 Å². The summed E-state index contributed by atoms with van der Waals surface area (Å²) >= 11 is 0. The van der Waals surface area contributed by atoms with Crippen LogP contribution in [0.25, 0.3) is 0 Å². The third-order valence-corrected chi connectivity index (χ3v) is 6.33. The lowest BCUT2D eigenvalue weighted by Crippen LogP contribution is -2.40. The normalized spacial score (nSPS) is 17.5. The summed E-state index contributed by atoms with van der Waals surface area (Å²) in [6.07, 6.45) is 7.08. The van der Waals surface area contributed by atoms with Crippen LogP contribution in [0.15, 0.2) is 53.7 Å². The third kappa shape index (κ3) is 5.35. The van der Waals surface area contributed by atoms with Gasteiger partial charge in [0.05, 0.1) is 18.1 Å². The van der Waals surface area contributed by atoms with Crippen LogP contribution < -0.4 is 5.32 Å². The van der Waals surface area contributed by atoms with E-state index in [1.54, 1.807) is 12.1 Å². The van der Waals surface area contributed by atoms with Gasteiger partial charge in [0.25, 0.3) is 0 Å². The minimum absolute atomic E-state index is 0. The Morgan fingerprint density at radius 2 is 1.85 bits per heavy atom. The van der Waals surface area contributed by atoms with Gasteiger partial charge in [-0.1, -0.05) is 6.07 Å². The van der Waals surface area contributed by atoms with Crippen molar-refractivity contribution in [3.8, 4) is 0 Å². The van der Waals surface area contributed by atoms with E-state index in [1.165, 1.54) is 34.8 Å². The predicted molar refractivity (Wildman–Crippen MR) is 104 cm³/mol. The number of rotatable bonds is 5. The van der Waals surface area contributed by atoms with E-state index in [4.69, 9.17) is 4.74 Å². The van der Waals surface area contributed by atoms with Crippen molar-refractivity contribution in [3.05, 3.63) is 54.4 Å². The Morgan fingerprint density at radius 1 is 1.15 bits per heavy atom. The Morgan fingerprint density at radius 3 is 2.41 bits per heavy atom. The number of anilines is 1. The second kappa shape index (κ2) is 9.07. The number of hydrogen-bond acceptors (Lipinski definition) is 5. The summed E-state index contributed by atoms with van der Waals surface area (Å²) in [7, 11) is -3.46. The minimum atomic E-state index is -3.46. The fourth-order valence-electron chi connectivity index (χ4n) is 2.76. The standard InChI is InChI=1S/C11H14N2O4S.C8H9N.H2/c14-9-12-10-1-3-11(4-2-10)18(15,16)13-5-7-17-8-6-13;1-2-8(6-9-5-1)7-3-4-7;/h1-4,9H,5-8H2,(H,12,14);1-2,5-7H,3-4H2;1H. The Hall–Kier alpha value is -2.29. The molecule has 0 atom stereocenters. The highest BCUT2D eigenvalue weighted by atomic mass is 32.2. The van der Waals surface area contributed by atoms with Crippen molar-refractivity contribution in [2.45, 2.75) is 23.7 Å². The highest BCUT2D eigenvalue weighted by Gasteiger charge is 2.26. The molecule has 0 unspecified atom stereocenters. The maximum atomic E-state index is 12.2. The number of nitrogens with zero attached hydrogens (tertiary/aromatic N) is 2. The molecule has 1 aliphatic heterocycles. The molecule has 1 N–H and O–H groups in total. The molecule has 1 aromatic heterocycles. The molecule has 1 saturated heterocycles. The van der Waals surface area contributed by atoms with E-state index in [0.29, 0.717) is 38.4 Å². The van der Waals surface area contributed by atoms with Gasteiger partial charge in [-0.2, -0.15) is 4.31 Å². The van der Waals surface area contributed by atoms with Gasteiger partial charge < -0.3 is 10.1 Å². The molecule has 27 heavy (non-hydrogen) atoms. The van der Waals surface area contributed by atoms with Crippen LogP contribution in [0.5, 0.6) is 0 Å². The van der Waals surface area contributed by atoms with E-state index < -0.39 is 10.0 Å². The van der Waals surface area contributed by atoms with Gasteiger partial charge in [0.2, 0.25) is 16.4 Å². The average Bonchev–Trinajstić information content (AvgIpc) is 3.56. The first-order valence-electron chi connectivity index (χ1n) is 8.89. The van der Waals surface area contributed by atoms with Crippen molar-refractivity contribution >= 4 is 22.1 Å². The first-order chi connectivity index (χ1) is 13.1. The van der Waals surface area contributed by atoms with Gasteiger partial charge >= 0.3 is 0 Å². The van der Waals surface area contributed by atoms with Gasteiger partial charge in [0.15, 0.2) is 0 Å². The van der Waals surface area contributed by atoms with E-state index >= 15 is 0 Å². The van der Waals surface area contributed by atoms with Crippen LogP contribution in [0.2, 0.25) is 0 Å². The first-order valence-corrected chi connectivity index (χ1v) is 10.3. The van der Waals surface area contributed by atoms with Crippen LogP contribution in [-0.4, -0.2) is 50.4 Å². The molecule has 1 aromatic carbocycles. The molecule has 7 nitrogen and oxygen atoms in total. The lowest BCUT2D eigenvalue weighted by molar-refractivity contribution is -0.105. The van der Waals surface area contributed by atoms with Crippen LogP contribution >= 0.6 is 0 Å². The molecule has 1 amide bonds. The Balaban J connectivity index is 0.000000235. The molecule has 0 radical (unpaired) electrons. The number of benzene rings is 1. The summed E-state index contributed by atoms with van der Waals surface area (Å²) in [5.41, 5.74) is 1.98. The smallest absolute Gasteiger partial charge is 0.243 e. The summed E-state index contributed by atoms with van der Waals surface area (Å²) in [4.78, 5) is 14.5. The van der Waals surface area contributed by atoms with E-state index in [9.17, 15) is 13.2 Å². The number of carbonyl (C=O) groups excluding carboxylic acids is 1. The van der Waals surface area contributed by atoms with Crippen LogP contribution in [0.4, 0.5) is 5.69 Å². The predicted octanol–water partition coefficient (Wildman–Crippen LogP) is 2.48. The zero-order chi connectivity index (χ0) is 19.1. The topological polar surface area (TPSA) is 88.6 Å².